The number of nitriles is 1. The van der Waals surface area contributed by atoms with Crippen molar-refractivity contribution >= 4 is 16.8 Å². The Labute approximate surface area is 123 Å². The van der Waals surface area contributed by atoms with Crippen molar-refractivity contribution in [3.05, 3.63) is 36.5 Å². The molecule has 0 aliphatic carbocycles. The van der Waals surface area contributed by atoms with E-state index in [2.05, 4.69) is 4.98 Å². The number of fused-ring (bicyclic) bond motifs is 1. The molecule has 0 N–H and O–H groups in total. The third-order valence-electron chi connectivity index (χ3n) is 3.15. The van der Waals surface area contributed by atoms with Crippen LogP contribution in [-0.2, 0) is 4.79 Å². The van der Waals surface area contributed by atoms with Crippen LogP contribution in [0.4, 0.5) is 0 Å². The summed E-state index contributed by atoms with van der Waals surface area (Å²) in [6.45, 7) is 0.747. The summed E-state index contributed by atoms with van der Waals surface area (Å²) in [5.41, 5.74) is 0.797. The molecule has 0 aliphatic rings. The number of hydrogen-bond donors (Lipinski definition) is 0. The van der Waals surface area contributed by atoms with Gasteiger partial charge in [0.05, 0.1) is 25.5 Å². The van der Waals surface area contributed by atoms with Crippen LogP contribution in [0.3, 0.4) is 0 Å². The lowest BCUT2D eigenvalue weighted by atomic mass is 10.2. The van der Waals surface area contributed by atoms with Gasteiger partial charge in [-0.2, -0.15) is 5.26 Å². The predicted molar refractivity (Wildman–Crippen MR) is 79.7 cm³/mol. The second kappa shape index (κ2) is 7.25. The van der Waals surface area contributed by atoms with Crippen LogP contribution >= 0.6 is 0 Å². The molecule has 1 heterocycles. The molecule has 1 amide bonds. The van der Waals surface area contributed by atoms with Gasteiger partial charge in [-0.3, -0.25) is 9.78 Å². The molecule has 1 aromatic carbocycles. The fourth-order valence-electron chi connectivity index (χ4n) is 1.97. The minimum absolute atomic E-state index is 0.0292. The summed E-state index contributed by atoms with van der Waals surface area (Å²) in [4.78, 5) is 17.7. The standard InChI is InChI=1S/C16H17N3O2/c1-19(11-4-9-17)15(20)8-12-21-14-7-2-5-13-6-3-10-18-16(13)14/h2-3,5-7,10H,4,8,11-12H2,1H3. The van der Waals surface area contributed by atoms with Crippen molar-refractivity contribution in [3.8, 4) is 11.8 Å². The molecule has 108 valence electrons. The average Bonchev–Trinajstić information content (AvgIpc) is 2.52. The number of amides is 1. The summed E-state index contributed by atoms with van der Waals surface area (Å²) >= 11 is 0. The van der Waals surface area contributed by atoms with Gasteiger partial charge in [-0.1, -0.05) is 18.2 Å². The van der Waals surface area contributed by atoms with E-state index >= 15 is 0 Å². The molecule has 0 saturated carbocycles. The van der Waals surface area contributed by atoms with Gasteiger partial charge in [0.2, 0.25) is 5.91 Å². The number of hydrogen-bond acceptors (Lipinski definition) is 4. The Bertz CT molecular complexity index is 659. The van der Waals surface area contributed by atoms with Crippen LogP contribution in [0, 0.1) is 11.3 Å². The Morgan fingerprint density at radius 3 is 3.00 bits per heavy atom. The first-order chi connectivity index (χ1) is 10.2. The third-order valence-corrected chi connectivity index (χ3v) is 3.15. The predicted octanol–water partition coefficient (Wildman–Crippen LogP) is 2.38. The smallest absolute Gasteiger partial charge is 0.225 e. The minimum Gasteiger partial charge on any atom is -0.491 e. The van der Waals surface area contributed by atoms with E-state index in [1.165, 1.54) is 0 Å². The maximum atomic E-state index is 11.8. The molecule has 0 fully saturated rings. The van der Waals surface area contributed by atoms with Crippen LogP contribution < -0.4 is 4.74 Å². The summed E-state index contributed by atoms with van der Waals surface area (Å²) < 4.78 is 5.67. The molecule has 5 nitrogen and oxygen atoms in total. The van der Waals surface area contributed by atoms with E-state index in [9.17, 15) is 4.79 Å². The molecule has 0 bridgehead atoms. The highest BCUT2D eigenvalue weighted by Crippen LogP contribution is 2.22. The molecule has 0 radical (unpaired) electrons. The SMILES string of the molecule is CN(CCC#N)C(=O)CCOc1cccc2cccnc12. The zero-order chi connectivity index (χ0) is 15.1. The van der Waals surface area contributed by atoms with Crippen LogP contribution in [0.25, 0.3) is 10.9 Å². The zero-order valence-electron chi connectivity index (χ0n) is 12.0. The second-order valence-electron chi connectivity index (χ2n) is 4.65. The lowest BCUT2D eigenvalue weighted by molar-refractivity contribution is -0.130. The molecule has 0 atom stereocenters. The zero-order valence-corrected chi connectivity index (χ0v) is 12.0. The number of carbonyl (C=O) groups is 1. The normalized spacial score (nSPS) is 10.1. The lowest BCUT2D eigenvalue weighted by Gasteiger charge is -2.15. The number of carbonyl (C=O) groups excluding carboxylic acids is 1. The maximum Gasteiger partial charge on any atom is 0.225 e. The number of rotatable bonds is 6. The first kappa shape index (κ1) is 14.8. The highest BCUT2D eigenvalue weighted by atomic mass is 16.5. The number of aromatic nitrogens is 1. The van der Waals surface area contributed by atoms with Gasteiger partial charge >= 0.3 is 0 Å². The Balaban J connectivity index is 1.91. The second-order valence-corrected chi connectivity index (χ2v) is 4.65. The van der Waals surface area contributed by atoms with Gasteiger partial charge in [0.25, 0.3) is 0 Å². The van der Waals surface area contributed by atoms with Crippen molar-refractivity contribution in [2.75, 3.05) is 20.2 Å². The highest BCUT2D eigenvalue weighted by molar-refractivity contribution is 5.84. The quantitative estimate of drug-likeness (QED) is 0.816. The van der Waals surface area contributed by atoms with Crippen molar-refractivity contribution in [3.63, 3.8) is 0 Å². The van der Waals surface area contributed by atoms with E-state index in [-0.39, 0.29) is 12.3 Å². The molecular weight excluding hydrogens is 266 g/mol. The summed E-state index contributed by atoms with van der Waals surface area (Å²) in [5, 5.41) is 9.51. The van der Waals surface area contributed by atoms with E-state index in [1.807, 2.05) is 36.4 Å². The van der Waals surface area contributed by atoms with Crippen LogP contribution in [0.5, 0.6) is 5.75 Å². The highest BCUT2D eigenvalue weighted by Gasteiger charge is 2.09. The number of benzene rings is 1. The van der Waals surface area contributed by atoms with Crippen molar-refractivity contribution in [1.82, 2.24) is 9.88 Å². The van der Waals surface area contributed by atoms with E-state index in [0.29, 0.717) is 25.3 Å². The fourth-order valence-corrected chi connectivity index (χ4v) is 1.97. The first-order valence-electron chi connectivity index (χ1n) is 6.80. The van der Waals surface area contributed by atoms with Crippen molar-refractivity contribution in [2.24, 2.45) is 0 Å². The van der Waals surface area contributed by atoms with Crippen LogP contribution in [-0.4, -0.2) is 36.0 Å². The van der Waals surface area contributed by atoms with Gasteiger partial charge in [-0.05, 0) is 12.1 Å². The summed E-state index contributed by atoms with van der Waals surface area (Å²) in [7, 11) is 1.69. The third kappa shape index (κ3) is 3.93. The molecule has 21 heavy (non-hydrogen) atoms. The number of ether oxygens (including phenoxy) is 1. The monoisotopic (exact) mass is 283 g/mol. The Morgan fingerprint density at radius 2 is 2.19 bits per heavy atom. The largest absolute Gasteiger partial charge is 0.491 e. The van der Waals surface area contributed by atoms with Crippen molar-refractivity contribution in [1.29, 1.82) is 5.26 Å². The minimum atomic E-state index is -0.0292. The Morgan fingerprint density at radius 1 is 1.38 bits per heavy atom. The summed E-state index contributed by atoms with van der Waals surface area (Å²) in [6.07, 6.45) is 2.34. The summed E-state index contributed by atoms with van der Waals surface area (Å²) in [5.74, 6) is 0.652. The fraction of sp³-hybridized carbons (Fsp3) is 0.312. The lowest BCUT2D eigenvalue weighted by Crippen LogP contribution is -2.28. The number of nitrogens with zero attached hydrogens (tertiary/aromatic N) is 3. The first-order valence-corrected chi connectivity index (χ1v) is 6.80. The Kier molecular flexibility index (Phi) is 5.10. The van der Waals surface area contributed by atoms with Gasteiger partial charge in [-0.25, -0.2) is 0 Å². The molecule has 0 saturated heterocycles. The molecule has 0 aliphatic heterocycles. The molecule has 2 rings (SSSR count). The molecule has 1 aromatic heterocycles. The van der Waals surface area contributed by atoms with Gasteiger partial charge in [0, 0.05) is 25.2 Å². The Hall–Kier alpha value is -2.61. The molecular formula is C16H17N3O2. The van der Waals surface area contributed by atoms with Gasteiger partial charge in [-0.15, -0.1) is 0 Å². The summed E-state index contributed by atoms with van der Waals surface area (Å²) in [6, 6.07) is 11.6. The van der Waals surface area contributed by atoms with E-state index < -0.39 is 0 Å². The molecule has 5 heteroatoms. The van der Waals surface area contributed by atoms with Crippen molar-refractivity contribution < 1.29 is 9.53 Å². The van der Waals surface area contributed by atoms with E-state index in [1.54, 1.807) is 18.1 Å². The molecule has 2 aromatic rings. The molecule has 0 unspecified atom stereocenters. The topological polar surface area (TPSA) is 66.2 Å². The van der Waals surface area contributed by atoms with Gasteiger partial charge in [0.15, 0.2) is 0 Å². The maximum absolute atomic E-state index is 11.8. The van der Waals surface area contributed by atoms with E-state index in [4.69, 9.17) is 10.00 Å². The number of para-hydroxylation sites is 1. The van der Waals surface area contributed by atoms with Crippen LogP contribution in [0.15, 0.2) is 36.5 Å². The van der Waals surface area contributed by atoms with Gasteiger partial charge < -0.3 is 9.64 Å². The van der Waals surface area contributed by atoms with Crippen LogP contribution in [0.1, 0.15) is 12.8 Å². The number of pyridine rings is 1. The van der Waals surface area contributed by atoms with Crippen LogP contribution in [0.2, 0.25) is 0 Å². The van der Waals surface area contributed by atoms with Gasteiger partial charge in [0.1, 0.15) is 11.3 Å². The average molecular weight is 283 g/mol. The molecule has 0 spiro atoms. The van der Waals surface area contributed by atoms with E-state index in [0.717, 1.165) is 10.9 Å². The van der Waals surface area contributed by atoms with Crippen molar-refractivity contribution in [2.45, 2.75) is 12.8 Å².